The van der Waals surface area contributed by atoms with Gasteiger partial charge in [0.1, 0.15) is 5.75 Å². The van der Waals surface area contributed by atoms with Crippen molar-refractivity contribution in [2.75, 3.05) is 13.7 Å². The standard InChI is InChI=1S/C15H21N3O/c1-4-15-12(10-16-5-2)11-17-18(15)13-7-6-8-14(9-13)19-3/h6-9,11,16H,4-5,10H2,1-3H3. The second-order valence-electron chi connectivity index (χ2n) is 4.36. The van der Waals surface area contributed by atoms with E-state index in [2.05, 4.69) is 24.3 Å². The number of hydrogen-bond donors (Lipinski definition) is 1. The van der Waals surface area contributed by atoms with Gasteiger partial charge in [-0.1, -0.05) is 19.9 Å². The van der Waals surface area contributed by atoms with Crippen LogP contribution >= 0.6 is 0 Å². The van der Waals surface area contributed by atoms with Crippen LogP contribution in [0, 0.1) is 0 Å². The molecule has 0 saturated carbocycles. The summed E-state index contributed by atoms with van der Waals surface area (Å²) in [5, 5.41) is 7.86. The molecule has 0 fully saturated rings. The molecule has 1 aromatic carbocycles. The molecule has 0 aliphatic heterocycles. The Morgan fingerprint density at radius 2 is 2.16 bits per heavy atom. The molecule has 1 N–H and O–H groups in total. The number of rotatable bonds is 6. The third-order valence-corrected chi connectivity index (χ3v) is 3.15. The predicted octanol–water partition coefficient (Wildman–Crippen LogP) is 2.55. The van der Waals surface area contributed by atoms with Gasteiger partial charge in [-0.05, 0) is 25.1 Å². The van der Waals surface area contributed by atoms with Gasteiger partial charge < -0.3 is 10.1 Å². The molecule has 0 saturated heterocycles. The first-order chi connectivity index (χ1) is 9.30. The van der Waals surface area contributed by atoms with E-state index in [0.717, 1.165) is 30.9 Å². The monoisotopic (exact) mass is 259 g/mol. The highest BCUT2D eigenvalue weighted by Gasteiger charge is 2.10. The van der Waals surface area contributed by atoms with E-state index >= 15 is 0 Å². The van der Waals surface area contributed by atoms with Gasteiger partial charge in [-0.3, -0.25) is 0 Å². The summed E-state index contributed by atoms with van der Waals surface area (Å²) in [7, 11) is 1.68. The lowest BCUT2D eigenvalue weighted by Crippen LogP contribution is -2.13. The smallest absolute Gasteiger partial charge is 0.121 e. The van der Waals surface area contributed by atoms with Crippen LogP contribution in [0.5, 0.6) is 5.75 Å². The molecule has 2 rings (SSSR count). The van der Waals surface area contributed by atoms with Crippen LogP contribution in [0.15, 0.2) is 30.5 Å². The van der Waals surface area contributed by atoms with E-state index in [4.69, 9.17) is 4.74 Å². The Balaban J connectivity index is 2.35. The van der Waals surface area contributed by atoms with E-state index in [1.165, 1.54) is 11.3 Å². The topological polar surface area (TPSA) is 39.1 Å². The Bertz CT molecular complexity index is 534. The van der Waals surface area contributed by atoms with Crippen LogP contribution in [-0.4, -0.2) is 23.4 Å². The van der Waals surface area contributed by atoms with Gasteiger partial charge in [0, 0.05) is 23.9 Å². The van der Waals surface area contributed by atoms with Crippen LogP contribution in [0.4, 0.5) is 0 Å². The lowest BCUT2D eigenvalue weighted by molar-refractivity contribution is 0.414. The van der Waals surface area contributed by atoms with E-state index < -0.39 is 0 Å². The summed E-state index contributed by atoms with van der Waals surface area (Å²) in [6.45, 7) is 6.10. The van der Waals surface area contributed by atoms with Crippen LogP contribution in [0.3, 0.4) is 0 Å². The zero-order chi connectivity index (χ0) is 13.7. The fraction of sp³-hybridized carbons (Fsp3) is 0.400. The molecule has 0 radical (unpaired) electrons. The minimum absolute atomic E-state index is 0.850. The minimum Gasteiger partial charge on any atom is -0.497 e. The molecule has 0 spiro atoms. The average Bonchev–Trinajstić information content (AvgIpc) is 2.88. The molecular weight excluding hydrogens is 238 g/mol. The molecule has 0 amide bonds. The van der Waals surface area contributed by atoms with E-state index in [0.29, 0.717) is 0 Å². The van der Waals surface area contributed by atoms with Gasteiger partial charge in [0.2, 0.25) is 0 Å². The second-order valence-corrected chi connectivity index (χ2v) is 4.36. The SMILES string of the molecule is CCNCc1cnn(-c2cccc(OC)c2)c1CC. The predicted molar refractivity (Wildman–Crippen MR) is 76.9 cm³/mol. The molecule has 0 aliphatic rings. The number of nitrogens with zero attached hydrogens (tertiary/aromatic N) is 2. The fourth-order valence-electron chi connectivity index (χ4n) is 2.16. The summed E-state index contributed by atoms with van der Waals surface area (Å²) in [5.74, 6) is 0.850. The maximum absolute atomic E-state index is 5.27. The van der Waals surface area contributed by atoms with Gasteiger partial charge in [-0.15, -0.1) is 0 Å². The van der Waals surface area contributed by atoms with Crippen molar-refractivity contribution >= 4 is 0 Å². The number of nitrogens with one attached hydrogen (secondary N) is 1. The third kappa shape index (κ3) is 2.96. The van der Waals surface area contributed by atoms with Crippen LogP contribution in [0.2, 0.25) is 0 Å². The van der Waals surface area contributed by atoms with Crippen LogP contribution < -0.4 is 10.1 Å². The van der Waals surface area contributed by atoms with Crippen LogP contribution in [0.25, 0.3) is 5.69 Å². The number of ether oxygens (including phenoxy) is 1. The molecular formula is C15H21N3O. The zero-order valence-electron chi connectivity index (χ0n) is 11.8. The lowest BCUT2D eigenvalue weighted by Gasteiger charge is -2.09. The largest absolute Gasteiger partial charge is 0.497 e. The molecule has 19 heavy (non-hydrogen) atoms. The molecule has 102 valence electrons. The first-order valence-corrected chi connectivity index (χ1v) is 6.71. The first kappa shape index (κ1) is 13.6. The maximum atomic E-state index is 5.27. The van der Waals surface area contributed by atoms with Crippen molar-refractivity contribution in [3.63, 3.8) is 0 Å². The highest BCUT2D eigenvalue weighted by Crippen LogP contribution is 2.19. The summed E-state index contributed by atoms with van der Waals surface area (Å²) >= 11 is 0. The number of hydrogen-bond acceptors (Lipinski definition) is 3. The van der Waals surface area contributed by atoms with E-state index in [1.807, 2.05) is 35.1 Å². The van der Waals surface area contributed by atoms with Gasteiger partial charge in [0.15, 0.2) is 0 Å². The summed E-state index contributed by atoms with van der Waals surface area (Å²) < 4.78 is 7.26. The van der Waals surface area contributed by atoms with Gasteiger partial charge in [0.05, 0.1) is 19.0 Å². The molecule has 0 aliphatic carbocycles. The molecule has 0 unspecified atom stereocenters. The van der Waals surface area contributed by atoms with E-state index in [1.54, 1.807) is 7.11 Å². The summed E-state index contributed by atoms with van der Waals surface area (Å²) in [6, 6.07) is 7.98. The quantitative estimate of drug-likeness (QED) is 0.866. The molecule has 2 aromatic rings. The Morgan fingerprint density at radius 1 is 1.32 bits per heavy atom. The average molecular weight is 259 g/mol. The maximum Gasteiger partial charge on any atom is 0.121 e. The third-order valence-electron chi connectivity index (χ3n) is 3.15. The zero-order valence-corrected chi connectivity index (χ0v) is 11.8. The van der Waals surface area contributed by atoms with Crippen molar-refractivity contribution in [2.45, 2.75) is 26.8 Å². The molecule has 4 heteroatoms. The molecule has 4 nitrogen and oxygen atoms in total. The number of aromatic nitrogens is 2. The number of methoxy groups -OCH3 is 1. The van der Waals surface area contributed by atoms with Crippen molar-refractivity contribution in [1.82, 2.24) is 15.1 Å². The van der Waals surface area contributed by atoms with Gasteiger partial charge >= 0.3 is 0 Å². The van der Waals surface area contributed by atoms with Crippen molar-refractivity contribution in [1.29, 1.82) is 0 Å². The van der Waals surface area contributed by atoms with Crippen molar-refractivity contribution in [3.8, 4) is 11.4 Å². The summed E-state index contributed by atoms with van der Waals surface area (Å²) in [5.41, 5.74) is 3.54. The normalized spacial score (nSPS) is 10.7. The van der Waals surface area contributed by atoms with Crippen molar-refractivity contribution < 1.29 is 4.74 Å². The van der Waals surface area contributed by atoms with Gasteiger partial charge in [-0.2, -0.15) is 5.10 Å². The van der Waals surface area contributed by atoms with Crippen LogP contribution in [0.1, 0.15) is 25.1 Å². The van der Waals surface area contributed by atoms with E-state index in [-0.39, 0.29) is 0 Å². The highest BCUT2D eigenvalue weighted by molar-refractivity contribution is 5.41. The molecule has 0 atom stereocenters. The fourth-order valence-corrected chi connectivity index (χ4v) is 2.16. The Hall–Kier alpha value is -1.81. The van der Waals surface area contributed by atoms with Crippen molar-refractivity contribution in [2.24, 2.45) is 0 Å². The Kier molecular flexibility index (Phi) is 4.58. The van der Waals surface area contributed by atoms with Gasteiger partial charge in [0.25, 0.3) is 0 Å². The van der Waals surface area contributed by atoms with Crippen LogP contribution in [-0.2, 0) is 13.0 Å². The first-order valence-electron chi connectivity index (χ1n) is 6.71. The second kappa shape index (κ2) is 6.38. The summed E-state index contributed by atoms with van der Waals surface area (Å²) in [4.78, 5) is 0. The molecule has 1 heterocycles. The summed E-state index contributed by atoms with van der Waals surface area (Å²) in [6.07, 6.45) is 2.90. The molecule has 1 aromatic heterocycles. The van der Waals surface area contributed by atoms with Crippen molar-refractivity contribution in [3.05, 3.63) is 41.7 Å². The van der Waals surface area contributed by atoms with E-state index in [9.17, 15) is 0 Å². The Labute approximate surface area is 114 Å². The van der Waals surface area contributed by atoms with Gasteiger partial charge in [-0.25, -0.2) is 4.68 Å². The lowest BCUT2D eigenvalue weighted by atomic mass is 10.2. The Morgan fingerprint density at radius 3 is 2.84 bits per heavy atom. The minimum atomic E-state index is 0.850. The molecule has 0 bridgehead atoms. The highest BCUT2D eigenvalue weighted by atomic mass is 16.5. The number of benzene rings is 1.